The molecule has 0 atom stereocenters. The van der Waals surface area contributed by atoms with Crippen molar-refractivity contribution in [3.63, 3.8) is 0 Å². The number of anilines is 2. The number of hydrogen-bond acceptors (Lipinski definition) is 10. The van der Waals surface area contributed by atoms with Gasteiger partial charge in [0.2, 0.25) is 11.8 Å². The van der Waals surface area contributed by atoms with Crippen LogP contribution in [0.4, 0.5) is 11.4 Å². The van der Waals surface area contributed by atoms with Crippen LogP contribution >= 0.6 is 23.5 Å². The molecule has 4 rings (SSSR count). The van der Waals surface area contributed by atoms with Gasteiger partial charge >= 0.3 is 0 Å². The van der Waals surface area contributed by atoms with Crippen LogP contribution in [-0.4, -0.2) is 80.6 Å². The minimum Gasteiger partial charge on any atom is -0.494 e. The van der Waals surface area contributed by atoms with Crippen LogP contribution in [0.3, 0.4) is 0 Å². The molecule has 0 bridgehead atoms. The van der Waals surface area contributed by atoms with Crippen molar-refractivity contribution in [1.29, 1.82) is 0 Å². The lowest BCUT2D eigenvalue weighted by Gasteiger charge is -2.25. The van der Waals surface area contributed by atoms with Crippen molar-refractivity contribution in [2.24, 2.45) is 0 Å². The Hall–Kier alpha value is -4.38. The number of carbonyl (C=O) groups excluding carboxylic acids is 2. The van der Waals surface area contributed by atoms with Gasteiger partial charge in [-0.25, -0.2) is 16.8 Å². The summed E-state index contributed by atoms with van der Waals surface area (Å²) in [7, 11) is -8.24. The van der Waals surface area contributed by atoms with Crippen LogP contribution in [0, 0.1) is 0 Å². The van der Waals surface area contributed by atoms with Gasteiger partial charge in [0.1, 0.15) is 24.6 Å². The third kappa shape index (κ3) is 11.3. The predicted octanol–water partition coefficient (Wildman–Crippen LogP) is 5.64. The number of amides is 2. The number of hydrogen-bond donors (Lipinski definition) is 2. The highest BCUT2D eigenvalue weighted by molar-refractivity contribution is 7.99. The molecule has 4 aromatic carbocycles. The average molecular weight is 801 g/mol. The van der Waals surface area contributed by atoms with E-state index in [0.717, 1.165) is 18.4 Å². The number of carbonyl (C=O) groups is 2. The molecule has 0 aliphatic carbocycles. The topological polar surface area (TPSA) is 151 Å². The minimum absolute atomic E-state index is 0.0398. The predicted molar refractivity (Wildman–Crippen MR) is 211 cm³/mol. The van der Waals surface area contributed by atoms with Crippen LogP contribution < -0.4 is 28.7 Å². The maximum Gasteiger partial charge on any atom is 0.264 e. The van der Waals surface area contributed by atoms with E-state index in [9.17, 15) is 26.4 Å². The van der Waals surface area contributed by atoms with Gasteiger partial charge in [-0.2, -0.15) is 0 Å². The molecule has 0 fully saturated rings. The van der Waals surface area contributed by atoms with Crippen molar-refractivity contribution in [2.75, 3.05) is 60.5 Å². The smallest absolute Gasteiger partial charge is 0.264 e. The lowest BCUT2D eigenvalue weighted by atomic mass is 10.3. The zero-order valence-electron chi connectivity index (χ0n) is 30.0. The molecule has 0 aliphatic rings. The van der Waals surface area contributed by atoms with E-state index in [0.29, 0.717) is 31.1 Å². The molecule has 16 heteroatoms. The molecule has 0 radical (unpaired) electrons. The second-order valence-corrected chi connectivity index (χ2v) is 16.8. The zero-order valence-corrected chi connectivity index (χ0v) is 33.2. The Morgan fingerprint density at radius 1 is 0.566 bits per heavy atom. The van der Waals surface area contributed by atoms with E-state index in [1.807, 2.05) is 26.4 Å². The van der Waals surface area contributed by atoms with E-state index < -0.39 is 45.0 Å². The Balaban J connectivity index is 1.39. The summed E-state index contributed by atoms with van der Waals surface area (Å²) in [4.78, 5) is 28.1. The molecule has 4 aromatic rings. The van der Waals surface area contributed by atoms with Gasteiger partial charge in [0.25, 0.3) is 20.0 Å². The van der Waals surface area contributed by atoms with Gasteiger partial charge < -0.3 is 20.1 Å². The van der Waals surface area contributed by atoms with E-state index in [2.05, 4.69) is 10.6 Å². The molecule has 0 aliphatic heterocycles. The summed E-state index contributed by atoms with van der Waals surface area (Å²) in [6.07, 6.45) is 4.08. The molecule has 53 heavy (non-hydrogen) atoms. The normalized spacial score (nSPS) is 11.4. The maximum absolute atomic E-state index is 13.8. The number of nitrogens with zero attached hydrogens (tertiary/aromatic N) is 2. The number of benzene rings is 4. The maximum atomic E-state index is 13.8. The number of nitrogens with one attached hydrogen (secondary N) is 2. The van der Waals surface area contributed by atoms with Crippen LogP contribution in [-0.2, 0) is 29.6 Å². The summed E-state index contributed by atoms with van der Waals surface area (Å²) in [5.74, 6) is 0.0356. The number of rotatable bonds is 20. The molecule has 0 spiro atoms. The molecule has 0 saturated heterocycles. The van der Waals surface area contributed by atoms with Gasteiger partial charge in [-0.15, -0.1) is 23.5 Å². The first-order chi connectivity index (χ1) is 25.4. The Kier molecular flexibility index (Phi) is 15.3. The Morgan fingerprint density at radius 2 is 0.906 bits per heavy atom. The fourth-order valence-electron chi connectivity index (χ4n) is 5.05. The van der Waals surface area contributed by atoms with Crippen molar-refractivity contribution >= 4 is 66.8 Å². The Labute approximate surface area is 320 Å². The van der Waals surface area contributed by atoms with E-state index in [1.165, 1.54) is 47.8 Å². The number of thioether (sulfide) groups is 2. The van der Waals surface area contributed by atoms with Crippen molar-refractivity contribution in [3.05, 3.63) is 97.1 Å². The molecule has 12 nitrogen and oxygen atoms in total. The molecular weight excluding hydrogens is 757 g/mol. The molecule has 284 valence electrons. The van der Waals surface area contributed by atoms with Gasteiger partial charge in [-0.3, -0.25) is 18.2 Å². The summed E-state index contributed by atoms with van der Waals surface area (Å²) >= 11 is 2.96. The van der Waals surface area contributed by atoms with E-state index in [-0.39, 0.29) is 34.3 Å². The van der Waals surface area contributed by atoms with Gasteiger partial charge in [0.05, 0.1) is 34.4 Å². The fourth-order valence-corrected chi connectivity index (χ4v) is 8.71. The van der Waals surface area contributed by atoms with E-state index in [4.69, 9.17) is 9.47 Å². The molecule has 0 heterocycles. The van der Waals surface area contributed by atoms with Gasteiger partial charge in [-0.1, -0.05) is 0 Å². The first-order valence-corrected chi connectivity index (χ1v) is 22.1. The summed E-state index contributed by atoms with van der Waals surface area (Å²) < 4.78 is 68.1. The highest BCUT2D eigenvalue weighted by Crippen LogP contribution is 2.29. The Morgan fingerprint density at radius 3 is 1.21 bits per heavy atom. The standard InChI is InChI=1S/C37H44N4O8S4/c1-5-48-30-12-8-28(9-13-30)40(52(44,45)34-20-16-32(50-3)17-21-34)26-36(42)38-24-7-25-39-37(43)27-41(29-10-14-31(15-11-29)49-6-2)53(46,47)35-22-18-33(51-4)19-23-35/h8-23H,5-7,24-27H2,1-4H3,(H,38,42)(H,39,43). The second-order valence-electron chi connectivity index (χ2n) is 11.3. The molecular formula is C37H44N4O8S4. The first-order valence-electron chi connectivity index (χ1n) is 16.8. The second kappa shape index (κ2) is 19.6. The summed E-state index contributed by atoms with van der Waals surface area (Å²) in [6.45, 7) is 3.85. The van der Waals surface area contributed by atoms with Crippen LogP contribution in [0.15, 0.2) is 117 Å². The van der Waals surface area contributed by atoms with E-state index in [1.54, 1.807) is 72.8 Å². The lowest BCUT2D eigenvalue weighted by molar-refractivity contribution is -0.119. The van der Waals surface area contributed by atoms with Gasteiger partial charge in [0, 0.05) is 22.9 Å². The third-order valence-electron chi connectivity index (χ3n) is 7.74. The molecule has 0 aromatic heterocycles. The molecule has 2 amide bonds. The fraction of sp³-hybridized carbons (Fsp3) is 0.297. The summed E-state index contributed by atoms with van der Waals surface area (Å²) in [5, 5.41) is 5.45. The average Bonchev–Trinajstić information content (AvgIpc) is 3.17. The summed E-state index contributed by atoms with van der Waals surface area (Å²) in [5.41, 5.74) is 0.578. The van der Waals surface area contributed by atoms with Crippen LogP contribution in [0.2, 0.25) is 0 Å². The summed E-state index contributed by atoms with van der Waals surface area (Å²) in [6, 6.07) is 25.7. The van der Waals surface area contributed by atoms with Crippen LogP contribution in [0.25, 0.3) is 0 Å². The van der Waals surface area contributed by atoms with Crippen LogP contribution in [0.5, 0.6) is 11.5 Å². The largest absolute Gasteiger partial charge is 0.494 e. The number of sulfonamides is 2. The monoisotopic (exact) mass is 800 g/mol. The van der Waals surface area contributed by atoms with Crippen molar-refractivity contribution in [2.45, 2.75) is 39.9 Å². The number of ether oxygens (including phenoxy) is 2. The molecule has 0 unspecified atom stereocenters. The van der Waals surface area contributed by atoms with Gasteiger partial charge in [0.15, 0.2) is 0 Å². The van der Waals surface area contributed by atoms with Crippen LogP contribution in [0.1, 0.15) is 20.3 Å². The highest BCUT2D eigenvalue weighted by atomic mass is 32.2. The SMILES string of the molecule is CCOc1ccc(N(CC(=O)NCCCNC(=O)CN(c2ccc(OCC)cc2)S(=O)(=O)c2ccc(SC)cc2)S(=O)(=O)c2ccc(SC)cc2)cc1. The van der Waals surface area contributed by atoms with Crippen molar-refractivity contribution in [3.8, 4) is 11.5 Å². The lowest BCUT2D eigenvalue weighted by Crippen LogP contribution is -2.42. The quantitative estimate of drug-likeness (QED) is 0.0849. The minimum atomic E-state index is -4.12. The highest BCUT2D eigenvalue weighted by Gasteiger charge is 2.29. The Bertz CT molecular complexity index is 1860. The zero-order chi connectivity index (χ0) is 38.4. The molecule has 0 saturated carbocycles. The van der Waals surface area contributed by atoms with Crippen molar-refractivity contribution in [1.82, 2.24) is 10.6 Å². The first kappa shape index (κ1) is 41.4. The van der Waals surface area contributed by atoms with E-state index >= 15 is 0 Å². The van der Waals surface area contributed by atoms with Crippen molar-refractivity contribution < 1.29 is 35.9 Å². The third-order valence-corrected chi connectivity index (χ3v) is 12.8. The van der Waals surface area contributed by atoms with Gasteiger partial charge in [-0.05, 0) is 130 Å². The molecule has 2 N–H and O–H groups in total.